The van der Waals surface area contributed by atoms with Crippen molar-refractivity contribution in [2.75, 3.05) is 7.11 Å². The lowest BCUT2D eigenvalue weighted by Crippen LogP contribution is -2.00. The van der Waals surface area contributed by atoms with E-state index in [0.29, 0.717) is 23.3 Å². The number of nitrogens with zero attached hydrogens (tertiary/aromatic N) is 5. The summed E-state index contributed by atoms with van der Waals surface area (Å²) in [5.41, 5.74) is 5.48. The van der Waals surface area contributed by atoms with E-state index in [0.717, 1.165) is 34.7 Å². The molecule has 0 amide bonds. The van der Waals surface area contributed by atoms with Crippen LogP contribution in [-0.2, 0) is 19.9 Å². The molecule has 0 saturated carbocycles. The van der Waals surface area contributed by atoms with Gasteiger partial charge in [-0.1, -0.05) is 19.1 Å². The van der Waals surface area contributed by atoms with Gasteiger partial charge in [0.1, 0.15) is 28.8 Å². The van der Waals surface area contributed by atoms with E-state index < -0.39 is 0 Å². The first kappa shape index (κ1) is 18.6. The zero-order valence-corrected chi connectivity index (χ0v) is 16.5. The summed E-state index contributed by atoms with van der Waals surface area (Å²) >= 11 is 0. The van der Waals surface area contributed by atoms with E-state index in [4.69, 9.17) is 9.72 Å². The number of phenols is 1. The highest BCUT2D eigenvalue weighted by Gasteiger charge is 2.18. The first-order valence-electron chi connectivity index (χ1n) is 9.34. The van der Waals surface area contributed by atoms with E-state index in [1.54, 1.807) is 30.1 Å². The molecular formula is C22H21N5O2. The third kappa shape index (κ3) is 3.19. The Morgan fingerprint density at radius 2 is 2.10 bits per heavy atom. The molecule has 0 unspecified atom stereocenters. The molecule has 0 aliphatic heterocycles. The molecule has 1 aromatic carbocycles. The highest BCUT2D eigenvalue weighted by molar-refractivity contribution is 5.71. The summed E-state index contributed by atoms with van der Waals surface area (Å²) in [6.45, 7) is 2.06. The van der Waals surface area contributed by atoms with Crippen molar-refractivity contribution in [1.29, 1.82) is 5.26 Å². The SMILES string of the molecule is CCc1c(Cc2cccc(O)c2-c2ccn(C)n2)nc2cc(OC)c(C#N)cn12. The zero-order chi connectivity index (χ0) is 20.5. The number of aromatic nitrogens is 4. The number of aromatic hydroxyl groups is 1. The molecule has 4 aromatic rings. The Bertz CT molecular complexity index is 1250. The van der Waals surface area contributed by atoms with Crippen molar-refractivity contribution in [2.24, 2.45) is 7.05 Å². The molecule has 0 spiro atoms. The molecule has 0 atom stereocenters. The Morgan fingerprint density at radius 1 is 1.28 bits per heavy atom. The van der Waals surface area contributed by atoms with Gasteiger partial charge in [-0.05, 0) is 24.1 Å². The summed E-state index contributed by atoms with van der Waals surface area (Å²) in [4.78, 5) is 4.80. The van der Waals surface area contributed by atoms with Crippen molar-refractivity contribution in [1.82, 2.24) is 19.2 Å². The van der Waals surface area contributed by atoms with Crippen LogP contribution in [0.3, 0.4) is 0 Å². The molecule has 0 aliphatic rings. The van der Waals surface area contributed by atoms with Crippen molar-refractivity contribution in [3.63, 3.8) is 0 Å². The van der Waals surface area contributed by atoms with E-state index in [1.807, 2.05) is 35.8 Å². The Labute approximate surface area is 168 Å². The highest BCUT2D eigenvalue weighted by atomic mass is 16.5. The van der Waals surface area contributed by atoms with Crippen LogP contribution in [0.1, 0.15) is 29.4 Å². The monoisotopic (exact) mass is 387 g/mol. The van der Waals surface area contributed by atoms with Crippen LogP contribution in [0.15, 0.2) is 42.7 Å². The lowest BCUT2D eigenvalue weighted by molar-refractivity contribution is 0.413. The molecule has 3 heterocycles. The van der Waals surface area contributed by atoms with Crippen molar-refractivity contribution >= 4 is 5.65 Å². The van der Waals surface area contributed by atoms with Gasteiger partial charge in [0.25, 0.3) is 0 Å². The molecule has 0 bridgehead atoms. The van der Waals surface area contributed by atoms with Gasteiger partial charge in [-0.25, -0.2) is 4.98 Å². The number of aryl methyl sites for hydroxylation is 2. The van der Waals surface area contributed by atoms with Gasteiger partial charge in [-0.2, -0.15) is 10.4 Å². The normalized spacial score (nSPS) is 11.0. The van der Waals surface area contributed by atoms with Gasteiger partial charge in [0.2, 0.25) is 0 Å². The first-order valence-corrected chi connectivity index (χ1v) is 9.34. The minimum absolute atomic E-state index is 0.191. The number of hydrogen-bond acceptors (Lipinski definition) is 5. The van der Waals surface area contributed by atoms with Crippen LogP contribution in [0.25, 0.3) is 16.9 Å². The van der Waals surface area contributed by atoms with E-state index >= 15 is 0 Å². The number of nitriles is 1. The molecule has 7 nitrogen and oxygen atoms in total. The lowest BCUT2D eigenvalue weighted by atomic mass is 9.98. The van der Waals surface area contributed by atoms with Gasteiger partial charge in [-0.15, -0.1) is 0 Å². The molecule has 0 radical (unpaired) electrons. The van der Waals surface area contributed by atoms with Crippen LogP contribution in [-0.4, -0.2) is 31.4 Å². The second kappa shape index (κ2) is 7.32. The van der Waals surface area contributed by atoms with Crippen LogP contribution in [0.2, 0.25) is 0 Å². The van der Waals surface area contributed by atoms with Crippen molar-refractivity contribution in [3.05, 3.63) is 65.2 Å². The number of pyridine rings is 1. The molecule has 0 aliphatic carbocycles. The van der Waals surface area contributed by atoms with Crippen LogP contribution < -0.4 is 4.74 Å². The Morgan fingerprint density at radius 3 is 2.76 bits per heavy atom. The highest BCUT2D eigenvalue weighted by Crippen LogP contribution is 2.33. The van der Waals surface area contributed by atoms with E-state index in [1.165, 1.54) is 0 Å². The maximum absolute atomic E-state index is 10.5. The number of ether oxygens (including phenoxy) is 1. The minimum atomic E-state index is 0.191. The third-order valence-corrected chi connectivity index (χ3v) is 5.04. The van der Waals surface area contributed by atoms with E-state index in [2.05, 4.69) is 18.1 Å². The summed E-state index contributed by atoms with van der Waals surface area (Å²) < 4.78 is 8.98. The maximum Gasteiger partial charge on any atom is 0.141 e. The quantitative estimate of drug-likeness (QED) is 0.566. The molecule has 3 aromatic heterocycles. The largest absolute Gasteiger partial charge is 0.507 e. The average Bonchev–Trinajstić information content (AvgIpc) is 3.29. The van der Waals surface area contributed by atoms with Crippen molar-refractivity contribution in [3.8, 4) is 28.8 Å². The van der Waals surface area contributed by atoms with E-state index in [9.17, 15) is 10.4 Å². The summed E-state index contributed by atoms with van der Waals surface area (Å²) in [7, 11) is 3.39. The van der Waals surface area contributed by atoms with Gasteiger partial charge in [-0.3, -0.25) is 4.68 Å². The number of hydrogen-bond donors (Lipinski definition) is 1. The van der Waals surface area contributed by atoms with Crippen LogP contribution >= 0.6 is 0 Å². The van der Waals surface area contributed by atoms with Crippen LogP contribution in [0.4, 0.5) is 0 Å². The number of benzene rings is 1. The summed E-state index contributed by atoms with van der Waals surface area (Å²) in [5, 5.41) is 24.4. The molecule has 1 N–H and O–H groups in total. The maximum atomic E-state index is 10.5. The molecule has 146 valence electrons. The van der Waals surface area contributed by atoms with Gasteiger partial charge in [0.05, 0.1) is 18.5 Å². The predicted octanol–water partition coefficient (Wildman–Crippen LogP) is 3.47. The fraction of sp³-hybridized carbons (Fsp3) is 0.227. The zero-order valence-electron chi connectivity index (χ0n) is 16.5. The van der Waals surface area contributed by atoms with Crippen LogP contribution in [0, 0.1) is 11.3 Å². The Hall–Kier alpha value is -3.79. The number of imidazole rings is 1. The van der Waals surface area contributed by atoms with Crippen molar-refractivity contribution in [2.45, 2.75) is 19.8 Å². The second-order valence-corrected chi connectivity index (χ2v) is 6.82. The van der Waals surface area contributed by atoms with E-state index in [-0.39, 0.29) is 5.75 Å². The number of fused-ring (bicyclic) bond motifs is 1. The first-order chi connectivity index (χ1) is 14.0. The minimum Gasteiger partial charge on any atom is -0.507 e. The molecule has 4 rings (SSSR count). The number of phenolic OH excluding ortho intramolecular Hbond substituents is 1. The average molecular weight is 387 g/mol. The molecular weight excluding hydrogens is 366 g/mol. The lowest BCUT2D eigenvalue weighted by Gasteiger charge is -2.10. The third-order valence-electron chi connectivity index (χ3n) is 5.04. The van der Waals surface area contributed by atoms with Crippen molar-refractivity contribution < 1.29 is 9.84 Å². The summed E-state index contributed by atoms with van der Waals surface area (Å²) in [5.74, 6) is 0.696. The summed E-state index contributed by atoms with van der Waals surface area (Å²) in [6.07, 6.45) is 4.91. The standard InChI is InChI=1S/C22H21N5O2/c1-4-18-17(24-21-11-20(29-3)15(12-23)13-27(18)21)10-14-6-5-7-19(28)22(14)16-8-9-26(2)25-16/h5-9,11,13,28H,4,10H2,1-3H3. The van der Waals surface area contributed by atoms with Crippen LogP contribution in [0.5, 0.6) is 11.5 Å². The number of rotatable bonds is 5. The number of methoxy groups -OCH3 is 1. The fourth-order valence-electron chi connectivity index (χ4n) is 3.69. The van der Waals surface area contributed by atoms with Gasteiger partial charge in [0.15, 0.2) is 0 Å². The Kier molecular flexibility index (Phi) is 4.69. The topological polar surface area (TPSA) is 88.4 Å². The molecule has 0 saturated heterocycles. The second-order valence-electron chi connectivity index (χ2n) is 6.82. The Balaban J connectivity index is 1.85. The molecule has 0 fully saturated rings. The smallest absolute Gasteiger partial charge is 0.141 e. The fourth-order valence-corrected chi connectivity index (χ4v) is 3.69. The summed E-state index contributed by atoms with van der Waals surface area (Å²) in [6, 6.07) is 11.3. The predicted molar refractivity (Wildman–Crippen MR) is 109 cm³/mol. The van der Waals surface area contributed by atoms with Gasteiger partial charge < -0.3 is 14.2 Å². The molecule has 29 heavy (non-hydrogen) atoms. The van der Waals surface area contributed by atoms with Gasteiger partial charge in [0, 0.05) is 43.2 Å². The molecule has 7 heteroatoms. The van der Waals surface area contributed by atoms with Gasteiger partial charge >= 0.3 is 0 Å².